The molecule has 180 valence electrons. The van der Waals surface area contributed by atoms with E-state index in [9.17, 15) is 9.59 Å². The molecule has 2 saturated heterocycles. The minimum absolute atomic E-state index is 0.176. The van der Waals surface area contributed by atoms with Gasteiger partial charge in [0.1, 0.15) is 5.75 Å². The van der Waals surface area contributed by atoms with Crippen LogP contribution in [0.4, 0.5) is 4.79 Å². The molecule has 1 spiro atoms. The average Bonchev–Trinajstić information content (AvgIpc) is 3.30. The molecular weight excluding hydrogens is 432 g/mol. The maximum atomic E-state index is 13.8. The molecule has 7 heteroatoms. The van der Waals surface area contributed by atoms with Gasteiger partial charge >= 0.3 is 6.09 Å². The number of hydrogen-bond donors (Lipinski definition) is 0. The zero-order valence-corrected chi connectivity index (χ0v) is 19.6. The molecular formula is C27H32N2O5. The van der Waals surface area contributed by atoms with Crippen molar-refractivity contribution in [2.24, 2.45) is 11.8 Å². The lowest BCUT2D eigenvalue weighted by Gasteiger charge is -2.49. The molecule has 0 bridgehead atoms. The third-order valence-electron chi connectivity index (χ3n) is 7.38. The van der Waals surface area contributed by atoms with Crippen LogP contribution in [-0.2, 0) is 20.8 Å². The molecule has 2 aromatic rings. The summed E-state index contributed by atoms with van der Waals surface area (Å²) in [5.41, 5.74) is 0.882. The van der Waals surface area contributed by atoms with E-state index in [2.05, 4.69) is 11.9 Å². The molecule has 3 fully saturated rings. The summed E-state index contributed by atoms with van der Waals surface area (Å²) in [4.78, 5) is 30.5. The number of para-hydroxylation sites is 1. The maximum absolute atomic E-state index is 13.8. The summed E-state index contributed by atoms with van der Waals surface area (Å²) in [7, 11) is 2.08. The number of carbonyl (C=O) groups is 2. The van der Waals surface area contributed by atoms with Gasteiger partial charge in [-0.2, -0.15) is 0 Å². The van der Waals surface area contributed by atoms with Gasteiger partial charge in [-0.05, 0) is 43.5 Å². The first-order chi connectivity index (χ1) is 16.5. The van der Waals surface area contributed by atoms with Crippen LogP contribution < -0.4 is 4.74 Å². The molecule has 1 saturated carbocycles. The Kier molecular flexibility index (Phi) is 6.68. The lowest BCUT2D eigenvalue weighted by Crippen LogP contribution is -2.56. The molecule has 0 radical (unpaired) electrons. The van der Waals surface area contributed by atoms with Gasteiger partial charge in [0.05, 0.1) is 25.7 Å². The Morgan fingerprint density at radius 2 is 1.74 bits per heavy atom. The SMILES string of the molecule is CN1C[C@H](C(=O)N(Cc2ccccc2)C(=O)Oc2ccccc2)C[C@@H]2CC3(CC[C@H]21)OCCO3. The zero-order chi connectivity index (χ0) is 23.5. The molecule has 2 aliphatic heterocycles. The fourth-order valence-corrected chi connectivity index (χ4v) is 5.79. The van der Waals surface area contributed by atoms with Crippen molar-refractivity contribution in [1.29, 1.82) is 0 Å². The highest BCUT2D eigenvalue weighted by Crippen LogP contribution is 2.45. The number of likely N-dealkylation sites (tertiary alicyclic amines) is 1. The molecule has 3 atom stereocenters. The number of nitrogens with zero attached hydrogens (tertiary/aromatic N) is 2. The van der Waals surface area contributed by atoms with Crippen molar-refractivity contribution in [3.05, 3.63) is 66.2 Å². The summed E-state index contributed by atoms with van der Waals surface area (Å²) in [6.07, 6.45) is 2.74. The van der Waals surface area contributed by atoms with Gasteiger partial charge in [-0.25, -0.2) is 9.69 Å². The summed E-state index contributed by atoms with van der Waals surface area (Å²) in [6.45, 7) is 2.06. The molecule has 3 aliphatic rings. The molecule has 2 amide bonds. The Balaban J connectivity index is 1.35. The summed E-state index contributed by atoms with van der Waals surface area (Å²) in [5, 5.41) is 0. The van der Waals surface area contributed by atoms with Gasteiger partial charge in [-0.3, -0.25) is 4.79 Å². The van der Waals surface area contributed by atoms with Crippen LogP contribution in [0.2, 0.25) is 0 Å². The van der Waals surface area contributed by atoms with E-state index in [1.807, 2.05) is 36.4 Å². The topological polar surface area (TPSA) is 68.3 Å². The van der Waals surface area contributed by atoms with Crippen molar-refractivity contribution >= 4 is 12.0 Å². The second-order valence-corrected chi connectivity index (χ2v) is 9.64. The molecule has 34 heavy (non-hydrogen) atoms. The molecule has 7 nitrogen and oxygen atoms in total. The van der Waals surface area contributed by atoms with Crippen molar-refractivity contribution < 1.29 is 23.8 Å². The first kappa shape index (κ1) is 23.0. The van der Waals surface area contributed by atoms with Crippen molar-refractivity contribution in [3.8, 4) is 5.75 Å². The predicted molar refractivity (Wildman–Crippen MR) is 126 cm³/mol. The third kappa shape index (κ3) is 4.87. The summed E-state index contributed by atoms with van der Waals surface area (Å²) in [5.74, 6) is -0.284. The number of fused-ring (bicyclic) bond motifs is 1. The van der Waals surface area contributed by atoms with Crippen molar-refractivity contribution in [3.63, 3.8) is 0 Å². The molecule has 2 aromatic carbocycles. The number of hydrogen-bond acceptors (Lipinski definition) is 6. The quantitative estimate of drug-likeness (QED) is 0.679. The highest BCUT2D eigenvalue weighted by atomic mass is 16.7. The summed E-state index contributed by atoms with van der Waals surface area (Å²) >= 11 is 0. The first-order valence-corrected chi connectivity index (χ1v) is 12.1. The first-order valence-electron chi connectivity index (χ1n) is 12.1. The molecule has 1 aliphatic carbocycles. The fraction of sp³-hybridized carbons (Fsp3) is 0.481. The number of amides is 2. The van der Waals surface area contributed by atoms with Crippen LogP contribution in [0.25, 0.3) is 0 Å². The van der Waals surface area contributed by atoms with E-state index in [-0.39, 0.29) is 24.3 Å². The number of piperidine rings is 1. The van der Waals surface area contributed by atoms with Crippen molar-refractivity contribution in [2.75, 3.05) is 26.8 Å². The Hall–Kier alpha value is -2.74. The van der Waals surface area contributed by atoms with Crippen LogP contribution in [0.15, 0.2) is 60.7 Å². The minimum atomic E-state index is -0.646. The van der Waals surface area contributed by atoms with E-state index in [0.717, 1.165) is 24.8 Å². The third-order valence-corrected chi connectivity index (χ3v) is 7.38. The van der Waals surface area contributed by atoms with Gasteiger partial charge in [-0.1, -0.05) is 48.5 Å². The van der Waals surface area contributed by atoms with Gasteiger partial charge in [-0.15, -0.1) is 0 Å². The van der Waals surface area contributed by atoms with E-state index in [1.165, 1.54) is 4.90 Å². The Morgan fingerprint density at radius 3 is 2.44 bits per heavy atom. The summed E-state index contributed by atoms with van der Waals surface area (Å²) in [6, 6.07) is 18.8. The highest BCUT2D eigenvalue weighted by Gasteiger charge is 2.49. The van der Waals surface area contributed by atoms with Crippen LogP contribution >= 0.6 is 0 Å². The van der Waals surface area contributed by atoms with Crippen molar-refractivity contribution in [2.45, 2.75) is 44.1 Å². The van der Waals surface area contributed by atoms with Gasteiger partial charge in [0, 0.05) is 25.4 Å². The van der Waals surface area contributed by atoms with Crippen LogP contribution in [0, 0.1) is 11.8 Å². The largest absolute Gasteiger partial charge is 0.422 e. The number of benzene rings is 2. The normalized spacial score (nSPS) is 26.1. The summed E-state index contributed by atoms with van der Waals surface area (Å²) < 4.78 is 17.5. The van der Waals surface area contributed by atoms with Gasteiger partial charge in [0.25, 0.3) is 0 Å². The standard InChI is InChI=1S/C27H32N2O5/c1-28-19-22(16-21-17-27(13-12-24(21)28)32-14-15-33-27)25(30)29(18-20-8-4-2-5-9-20)26(31)34-23-10-6-3-7-11-23/h2-11,21-22,24H,12-19H2,1H3/t21-,22-,24-/m1/s1. The number of ether oxygens (including phenoxy) is 3. The average molecular weight is 465 g/mol. The molecule has 0 unspecified atom stereocenters. The van der Waals surface area contributed by atoms with E-state index >= 15 is 0 Å². The molecule has 0 N–H and O–H groups in total. The molecule has 0 aromatic heterocycles. The zero-order valence-electron chi connectivity index (χ0n) is 19.6. The number of imide groups is 1. The van der Waals surface area contributed by atoms with Crippen LogP contribution in [0.5, 0.6) is 5.75 Å². The van der Waals surface area contributed by atoms with Crippen molar-refractivity contribution in [1.82, 2.24) is 9.80 Å². The minimum Gasteiger partial charge on any atom is -0.410 e. The van der Waals surface area contributed by atoms with Gasteiger partial charge < -0.3 is 19.1 Å². The Labute approximate surface area is 200 Å². The number of rotatable bonds is 4. The monoisotopic (exact) mass is 464 g/mol. The fourth-order valence-electron chi connectivity index (χ4n) is 5.79. The second kappa shape index (κ2) is 9.86. The van der Waals surface area contributed by atoms with E-state index < -0.39 is 11.9 Å². The van der Waals surface area contributed by atoms with Gasteiger partial charge in [0.2, 0.25) is 5.91 Å². The smallest absolute Gasteiger partial charge is 0.410 e. The van der Waals surface area contributed by atoms with Crippen LogP contribution in [0.1, 0.15) is 31.2 Å². The Bertz CT molecular complexity index is 993. The molecule has 5 rings (SSSR count). The number of carbonyl (C=O) groups excluding carboxylic acids is 2. The Morgan fingerprint density at radius 1 is 1.06 bits per heavy atom. The second-order valence-electron chi connectivity index (χ2n) is 9.64. The highest BCUT2D eigenvalue weighted by molar-refractivity contribution is 5.94. The lowest BCUT2D eigenvalue weighted by atomic mass is 9.72. The maximum Gasteiger partial charge on any atom is 0.422 e. The van der Waals surface area contributed by atoms with Crippen LogP contribution in [0.3, 0.4) is 0 Å². The van der Waals surface area contributed by atoms with E-state index in [1.54, 1.807) is 24.3 Å². The van der Waals surface area contributed by atoms with Crippen LogP contribution in [-0.4, -0.2) is 60.4 Å². The van der Waals surface area contributed by atoms with E-state index in [0.29, 0.717) is 38.0 Å². The molecule has 2 heterocycles. The predicted octanol–water partition coefficient (Wildman–Crippen LogP) is 4.08. The van der Waals surface area contributed by atoms with E-state index in [4.69, 9.17) is 14.2 Å². The lowest BCUT2D eigenvalue weighted by molar-refractivity contribution is -0.202. The van der Waals surface area contributed by atoms with Gasteiger partial charge in [0.15, 0.2) is 5.79 Å².